The van der Waals surface area contributed by atoms with Crippen molar-refractivity contribution in [1.29, 1.82) is 0 Å². The third-order valence-electron chi connectivity index (χ3n) is 11.8. The predicted molar refractivity (Wildman–Crippen MR) is 266 cm³/mol. The molecule has 0 bridgehead atoms. The van der Waals surface area contributed by atoms with E-state index in [1.165, 1.54) is 6.20 Å². The summed E-state index contributed by atoms with van der Waals surface area (Å²) in [5, 5.41) is 10.3. The number of nitrogen functional groups attached to an aromatic ring is 2. The highest BCUT2D eigenvalue weighted by atomic mass is 16.5. The van der Waals surface area contributed by atoms with Crippen molar-refractivity contribution in [3.05, 3.63) is 82.2 Å². The molecule has 8 N–H and O–H groups in total. The summed E-state index contributed by atoms with van der Waals surface area (Å²) in [4.78, 5) is 62.1. The number of amides is 2. The van der Waals surface area contributed by atoms with Gasteiger partial charge in [0.2, 0.25) is 11.9 Å². The second-order valence-corrected chi connectivity index (χ2v) is 19.7. The Kier molecular flexibility index (Phi) is 16.9. The molecule has 0 unspecified atom stereocenters. The number of hydrogen-bond donors (Lipinski definition) is 6. The Morgan fingerprint density at radius 1 is 0.821 bits per heavy atom. The minimum absolute atomic E-state index is 0.0112. The SMILES string of the molecule is CCCCc1nc2c(N)nc3ccccc3c2n1CC(C)(C)COCC(C)(C)CCOC(C)(C)CCC(=O)NCCCCCNC(=O)c1ccc(NCc2cnc3nc(N)[nH]c(=O)c3n2)cc1. The zero-order valence-electron chi connectivity index (χ0n) is 40.4. The van der Waals surface area contributed by atoms with E-state index in [1.54, 1.807) is 24.3 Å². The van der Waals surface area contributed by atoms with Crippen molar-refractivity contribution < 1.29 is 19.1 Å². The first-order valence-electron chi connectivity index (χ1n) is 23.6. The van der Waals surface area contributed by atoms with Crippen LogP contribution in [0.4, 0.5) is 17.5 Å². The second kappa shape index (κ2) is 22.5. The van der Waals surface area contributed by atoms with Gasteiger partial charge in [0.25, 0.3) is 11.5 Å². The highest BCUT2D eigenvalue weighted by Gasteiger charge is 2.28. The van der Waals surface area contributed by atoms with E-state index >= 15 is 0 Å². The predicted octanol–water partition coefficient (Wildman–Crippen LogP) is 7.48. The van der Waals surface area contributed by atoms with Crippen LogP contribution in [0.15, 0.2) is 59.5 Å². The van der Waals surface area contributed by atoms with Gasteiger partial charge in [-0.2, -0.15) is 4.98 Å². The Bertz CT molecular complexity index is 2670. The number of ether oxygens (including phenoxy) is 2. The van der Waals surface area contributed by atoms with Crippen LogP contribution in [0.25, 0.3) is 33.1 Å². The number of aryl methyl sites for hydroxylation is 1. The zero-order chi connectivity index (χ0) is 48.2. The average Bonchev–Trinajstić information content (AvgIpc) is 3.64. The molecule has 360 valence electrons. The number of nitrogens with zero attached hydrogens (tertiary/aromatic N) is 6. The van der Waals surface area contributed by atoms with Gasteiger partial charge in [0.05, 0.1) is 48.3 Å². The smallest absolute Gasteiger partial charge is 0.280 e. The van der Waals surface area contributed by atoms with Crippen LogP contribution in [0.3, 0.4) is 0 Å². The standard InChI is InChI=1S/C50H70N12O5/c1-8-9-17-38-59-40-42(36-15-11-12-16-37(36)58-43(40)51)62(38)30-49(4,5)32-66-31-48(2,3)24-27-67-50(6,7)23-22-39(63)53-25-13-10-14-26-54-45(64)33-18-20-34(21-19-33)55-28-35-29-56-44-41(57-35)46(65)61-47(52)60-44/h11-12,15-16,18-21,29,55H,8-10,13-14,17,22-28,30-32H2,1-7H3,(H2,51,58)(H,53,63)(H,54,64)(H3,52,56,60,61,65). The number of unbranched alkanes of at least 4 members (excludes halogenated alkanes) is 3. The molecule has 6 rings (SSSR count). The number of anilines is 3. The van der Waals surface area contributed by atoms with E-state index in [1.807, 2.05) is 32.0 Å². The minimum atomic E-state index is -0.449. The molecule has 4 heterocycles. The number of H-pyrrole nitrogens is 1. The molecule has 17 heteroatoms. The number of pyridine rings is 1. The first kappa shape index (κ1) is 50.2. The van der Waals surface area contributed by atoms with Crippen LogP contribution >= 0.6 is 0 Å². The van der Waals surface area contributed by atoms with Gasteiger partial charge in [-0.05, 0) is 88.1 Å². The van der Waals surface area contributed by atoms with Gasteiger partial charge >= 0.3 is 0 Å². The summed E-state index contributed by atoms with van der Waals surface area (Å²) in [5.74, 6) is 1.35. The van der Waals surface area contributed by atoms with Crippen LogP contribution < -0.4 is 33.0 Å². The maximum Gasteiger partial charge on any atom is 0.280 e. The number of carbonyl (C=O) groups excluding carboxylic acids is 2. The number of nitrogens with two attached hydrogens (primary N) is 2. The van der Waals surface area contributed by atoms with Gasteiger partial charge in [-0.1, -0.05) is 59.2 Å². The van der Waals surface area contributed by atoms with Gasteiger partial charge in [-0.3, -0.25) is 19.4 Å². The summed E-state index contributed by atoms with van der Waals surface area (Å²) < 4.78 is 15.1. The molecule has 67 heavy (non-hydrogen) atoms. The monoisotopic (exact) mass is 919 g/mol. The molecule has 0 saturated heterocycles. The van der Waals surface area contributed by atoms with Crippen molar-refractivity contribution in [3.63, 3.8) is 0 Å². The van der Waals surface area contributed by atoms with Gasteiger partial charge in [-0.15, -0.1) is 0 Å². The summed E-state index contributed by atoms with van der Waals surface area (Å²) in [6, 6.07) is 15.2. The van der Waals surface area contributed by atoms with Gasteiger partial charge in [0.15, 0.2) is 17.0 Å². The van der Waals surface area contributed by atoms with E-state index < -0.39 is 11.2 Å². The Labute approximate surface area is 393 Å². The lowest BCUT2D eigenvalue weighted by atomic mass is 9.90. The minimum Gasteiger partial charge on any atom is -0.382 e. The van der Waals surface area contributed by atoms with Gasteiger partial charge in [0.1, 0.15) is 11.3 Å². The van der Waals surface area contributed by atoms with E-state index in [9.17, 15) is 14.4 Å². The average molecular weight is 919 g/mol. The third kappa shape index (κ3) is 14.4. The molecule has 2 amide bonds. The highest BCUT2D eigenvalue weighted by Crippen LogP contribution is 2.33. The summed E-state index contributed by atoms with van der Waals surface area (Å²) in [6.45, 7) is 19.1. The van der Waals surface area contributed by atoms with Crippen LogP contribution in [0.5, 0.6) is 0 Å². The molecule has 2 aromatic carbocycles. The number of aromatic amines is 1. The number of fused-ring (bicyclic) bond motifs is 4. The maximum absolute atomic E-state index is 12.7. The van der Waals surface area contributed by atoms with Crippen molar-refractivity contribution in [2.45, 2.75) is 125 Å². The number of imidazole rings is 1. The third-order valence-corrected chi connectivity index (χ3v) is 11.8. The fourth-order valence-corrected chi connectivity index (χ4v) is 7.88. The van der Waals surface area contributed by atoms with Gasteiger partial charge < -0.3 is 41.5 Å². The van der Waals surface area contributed by atoms with Crippen LogP contribution in [-0.4, -0.2) is 84.8 Å². The largest absolute Gasteiger partial charge is 0.382 e. The molecule has 0 radical (unpaired) electrons. The molecule has 0 aliphatic carbocycles. The second-order valence-electron chi connectivity index (χ2n) is 19.7. The normalized spacial score (nSPS) is 12.3. The summed E-state index contributed by atoms with van der Waals surface area (Å²) >= 11 is 0. The molecule has 0 spiro atoms. The van der Waals surface area contributed by atoms with Crippen LogP contribution in [0.2, 0.25) is 0 Å². The lowest BCUT2D eigenvalue weighted by molar-refractivity contribution is -0.123. The molecule has 0 atom stereocenters. The quantitative estimate of drug-likeness (QED) is 0.0290. The van der Waals surface area contributed by atoms with Gasteiger partial charge in [-0.25, -0.2) is 19.9 Å². The Morgan fingerprint density at radius 3 is 2.31 bits per heavy atom. The maximum atomic E-state index is 12.7. The van der Waals surface area contributed by atoms with E-state index in [0.717, 1.165) is 84.9 Å². The molecule has 0 fully saturated rings. The fraction of sp³-hybridized carbons (Fsp3) is 0.520. The Hall–Kier alpha value is -6.20. The van der Waals surface area contributed by atoms with Crippen molar-refractivity contribution in [1.82, 2.24) is 45.1 Å². The number of nitrogens with one attached hydrogen (secondary N) is 4. The Balaban J connectivity index is 0.823. The molecule has 4 aromatic heterocycles. The molecular formula is C50H70N12O5. The first-order valence-corrected chi connectivity index (χ1v) is 23.6. The molecule has 0 saturated carbocycles. The number of hydrogen-bond acceptors (Lipinski definition) is 13. The number of para-hydroxylation sites is 1. The molecule has 17 nitrogen and oxygen atoms in total. The van der Waals surface area contributed by atoms with E-state index in [-0.39, 0.29) is 39.8 Å². The highest BCUT2D eigenvalue weighted by molar-refractivity contribution is 6.06. The summed E-state index contributed by atoms with van der Waals surface area (Å²) in [5.41, 5.74) is 15.7. The summed E-state index contributed by atoms with van der Waals surface area (Å²) in [6.07, 6.45) is 8.85. The van der Waals surface area contributed by atoms with E-state index in [0.29, 0.717) is 69.4 Å². The number of rotatable bonds is 26. The number of benzene rings is 2. The number of aromatic nitrogens is 7. The number of carbonyl (C=O) groups is 2. The van der Waals surface area contributed by atoms with E-state index in [2.05, 4.69) is 86.1 Å². The first-order chi connectivity index (χ1) is 31.9. The molecular weight excluding hydrogens is 849 g/mol. The Morgan fingerprint density at radius 2 is 1.55 bits per heavy atom. The van der Waals surface area contributed by atoms with Crippen molar-refractivity contribution >= 4 is 62.4 Å². The molecule has 0 aliphatic heterocycles. The molecule has 0 aliphatic rings. The fourth-order valence-electron chi connectivity index (χ4n) is 7.88. The zero-order valence-corrected chi connectivity index (χ0v) is 40.4. The van der Waals surface area contributed by atoms with E-state index in [4.69, 9.17) is 25.9 Å². The summed E-state index contributed by atoms with van der Waals surface area (Å²) in [7, 11) is 0. The van der Waals surface area contributed by atoms with Gasteiger partial charge in [0, 0.05) is 61.1 Å². The van der Waals surface area contributed by atoms with Crippen LogP contribution in [0, 0.1) is 10.8 Å². The van der Waals surface area contributed by atoms with Crippen molar-refractivity contribution in [2.75, 3.05) is 49.7 Å². The molecule has 6 aromatic rings. The van der Waals surface area contributed by atoms with Crippen LogP contribution in [-0.2, 0) is 33.8 Å². The topological polar surface area (TPSA) is 243 Å². The lowest BCUT2D eigenvalue weighted by Gasteiger charge is -2.31. The lowest BCUT2D eigenvalue weighted by Crippen LogP contribution is -2.32. The van der Waals surface area contributed by atoms with Crippen molar-refractivity contribution in [2.24, 2.45) is 10.8 Å². The van der Waals surface area contributed by atoms with Crippen LogP contribution in [0.1, 0.15) is 122 Å². The van der Waals surface area contributed by atoms with Crippen molar-refractivity contribution in [3.8, 4) is 0 Å².